The molecule has 0 bridgehead atoms. The zero-order valence-electron chi connectivity index (χ0n) is 17.5. The van der Waals surface area contributed by atoms with Gasteiger partial charge in [-0.1, -0.05) is 17.3 Å². The second-order valence-corrected chi connectivity index (χ2v) is 8.05. The van der Waals surface area contributed by atoms with Gasteiger partial charge in [-0.25, -0.2) is 4.79 Å². The number of hydrogen-bond acceptors (Lipinski definition) is 5. The van der Waals surface area contributed by atoms with Crippen LogP contribution in [-0.2, 0) is 13.0 Å². The number of hydrogen-bond donors (Lipinski definition) is 1. The summed E-state index contributed by atoms with van der Waals surface area (Å²) in [6.07, 6.45) is 2.75. The highest BCUT2D eigenvalue weighted by Gasteiger charge is 2.23. The molecule has 0 radical (unpaired) electrons. The lowest BCUT2D eigenvalue weighted by Crippen LogP contribution is -2.37. The molecule has 0 aliphatic carbocycles. The molecule has 1 fully saturated rings. The van der Waals surface area contributed by atoms with Gasteiger partial charge in [0.15, 0.2) is 5.58 Å². The Hall–Kier alpha value is -3.53. The highest BCUT2D eigenvalue weighted by atomic mass is 16.5. The molecule has 2 heterocycles. The summed E-state index contributed by atoms with van der Waals surface area (Å²) in [5, 5.41) is 23.4. The molecule has 160 valence electrons. The van der Waals surface area contributed by atoms with Crippen LogP contribution in [0.5, 0.6) is 5.75 Å². The number of nitrogens with zero attached hydrogens (tertiary/aromatic N) is 3. The van der Waals surface area contributed by atoms with Crippen molar-refractivity contribution in [1.82, 2.24) is 10.1 Å². The molecule has 31 heavy (non-hydrogen) atoms. The summed E-state index contributed by atoms with van der Waals surface area (Å²) in [6.45, 7) is 3.55. The second-order valence-electron chi connectivity index (χ2n) is 8.05. The standard InChI is InChI=1S/C24H25N3O4/c1-16-22(30-15-19-4-2-3-18(13-19)14-25)8-6-20-21(26-31-23(16)20)7-5-17-9-11-27(12-10-17)24(28)29/h2-4,6,8,13,17H,5,7,9-12,15H2,1H3,(H,28,29). The molecule has 1 N–H and O–H groups in total. The monoisotopic (exact) mass is 419 g/mol. The van der Waals surface area contributed by atoms with Crippen LogP contribution in [0.15, 0.2) is 40.9 Å². The molecule has 7 heteroatoms. The van der Waals surface area contributed by atoms with E-state index < -0.39 is 6.09 Å². The fourth-order valence-electron chi connectivity index (χ4n) is 4.15. The predicted molar refractivity (Wildman–Crippen MR) is 115 cm³/mol. The van der Waals surface area contributed by atoms with E-state index in [0.29, 0.717) is 31.2 Å². The Labute approximate surface area is 180 Å². The molecule has 4 rings (SSSR count). The Morgan fingerprint density at radius 1 is 1.32 bits per heavy atom. The van der Waals surface area contributed by atoms with Crippen LogP contribution >= 0.6 is 0 Å². The number of carbonyl (C=O) groups is 1. The van der Waals surface area contributed by atoms with E-state index in [-0.39, 0.29) is 0 Å². The maximum Gasteiger partial charge on any atom is 0.407 e. The third kappa shape index (κ3) is 4.64. The van der Waals surface area contributed by atoms with Crippen LogP contribution in [0.4, 0.5) is 4.79 Å². The maximum absolute atomic E-state index is 11.0. The molecule has 1 aromatic heterocycles. The second kappa shape index (κ2) is 9.09. The van der Waals surface area contributed by atoms with Crippen molar-refractivity contribution >= 4 is 17.1 Å². The van der Waals surface area contributed by atoms with Gasteiger partial charge in [-0.2, -0.15) is 5.26 Å². The Morgan fingerprint density at radius 2 is 2.13 bits per heavy atom. The van der Waals surface area contributed by atoms with E-state index in [1.165, 1.54) is 4.90 Å². The Balaban J connectivity index is 1.39. The first-order chi connectivity index (χ1) is 15.0. The number of carboxylic acid groups (broad SMARTS) is 1. The van der Waals surface area contributed by atoms with Crippen LogP contribution in [0.3, 0.4) is 0 Å². The number of amides is 1. The molecule has 3 aromatic rings. The Kier molecular flexibility index (Phi) is 6.08. The van der Waals surface area contributed by atoms with Gasteiger partial charge in [0, 0.05) is 24.0 Å². The Morgan fingerprint density at radius 3 is 2.87 bits per heavy atom. The van der Waals surface area contributed by atoms with Crippen molar-refractivity contribution in [3.05, 3.63) is 58.8 Å². The summed E-state index contributed by atoms with van der Waals surface area (Å²) in [5.41, 5.74) is 4.13. The molecule has 1 aliphatic rings. The van der Waals surface area contributed by atoms with Gasteiger partial charge in [-0.15, -0.1) is 0 Å². The summed E-state index contributed by atoms with van der Waals surface area (Å²) in [6, 6.07) is 13.4. The average Bonchev–Trinajstić information content (AvgIpc) is 3.21. The van der Waals surface area contributed by atoms with Gasteiger partial charge < -0.3 is 19.3 Å². The molecule has 1 amide bonds. The number of benzene rings is 2. The number of likely N-dealkylation sites (tertiary alicyclic amines) is 1. The van der Waals surface area contributed by atoms with Crippen LogP contribution in [0.2, 0.25) is 0 Å². The minimum atomic E-state index is -0.827. The molecular weight excluding hydrogens is 394 g/mol. The van der Waals surface area contributed by atoms with Crippen molar-refractivity contribution in [2.24, 2.45) is 5.92 Å². The summed E-state index contributed by atoms with van der Waals surface area (Å²) < 4.78 is 11.6. The first kappa shape index (κ1) is 20.7. The molecule has 0 unspecified atom stereocenters. The van der Waals surface area contributed by atoms with Crippen molar-refractivity contribution in [1.29, 1.82) is 5.26 Å². The first-order valence-electron chi connectivity index (χ1n) is 10.5. The van der Waals surface area contributed by atoms with Crippen molar-refractivity contribution in [3.63, 3.8) is 0 Å². The number of aromatic nitrogens is 1. The van der Waals surface area contributed by atoms with Gasteiger partial charge in [0.05, 0.1) is 17.3 Å². The number of nitriles is 1. The van der Waals surface area contributed by atoms with E-state index in [1.54, 1.807) is 6.07 Å². The minimum absolute atomic E-state index is 0.373. The van der Waals surface area contributed by atoms with Crippen LogP contribution in [0.25, 0.3) is 11.0 Å². The third-order valence-electron chi connectivity index (χ3n) is 6.04. The van der Waals surface area contributed by atoms with Crippen LogP contribution in [0, 0.1) is 24.2 Å². The van der Waals surface area contributed by atoms with Crippen LogP contribution in [-0.4, -0.2) is 34.3 Å². The zero-order valence-corrected chi connectivity index (χ0v) is 17.5. The van der Waals surface area contributed by atoms with Gasteiger partial charge in [-0.05, 0) is 68.4 Å². The molecule has 0 saturated carbocycles. The smallest absolute Gasteiger partial charge is 0.407 e. The number of aryl methyl sites for hydroxylation is 2. The van der Waals surface area contributed by atoms with Crippen LogP contribution < -0.4 is 4.74 Å². The molecule has 1 aliphatic heterocycles. The largest absolute Gasteiger partial charge is 0.488 e. The van der Waals surface area contributed by atoms with Crippen molar-refractivity contribution < 1.29 is 19.2 Å². The topological polar surface area (TPSA) is 99.6 Å². The number of fused-ring (bicyclic) bond motifs is 1. The first-order valence-corrected chi connectivity index (χ1v) is 10.5. The summed E-state index contributed by atoms with van der Waals surface area (Å²) in [4.78, 5) is 12.5. The van der Waals surface area contributed by atoms with E-state index in [4.69, 9.17) is 19.6 Å². The van der Waals surface area contributed by atoms with E-state index in [0.717, 1.165) is 59.2 Å². The number of piperidine rings is 1. The van der Waals surface area contributed by atoms with Gasteiger partial charge in [0.25, 0.3) is 0 Å². The number of ether oxygens (including phenoxy) is 1. The normalized spacial score (nSPS) is 14.5. The molecule has 0 atom stereocenters. The lowest BCUT2D eigenvalue weighted by atomic mass is 9.91. The summed E-state index contributed by atoms with van der Waals surface area (Å²) in [5.74, 6) is 1.24. The fraction of sp³-hybridized carbons (Fsp3) is 0.375. The maximum atomic E-state index is 11.0. The van der Waals surface area contributed by atoms with Crippen molar-refractivity contribution in [3.8, 4) is 11.8 Å². The lowest BCUT2D eigenvalue weighted by molar-refractivity contribution is 0.123. The van der Waals surface area contributed by atoms with Crippen molar-refractivity contribution in [2.45, 2.75) is 39.2 Å². The van der Waals surface area contributed by atoms with E-state index in [9.17, 15) is 4.79 Å². The third-order valence-corrected chi connectivity index (χ3v) is 6.04. The average molecular weight is 419 g/mol. The summed E-state index contributed by atoms with van der Waals surface area (Å²) in [7, 11) is 0. The predicted octanol–water partition coefficient (Wildman–Crippen LogP) is 4.91. The Bertz CT molecular complexity index is 1120. The van der Waals surface area contributed by atoms with Gasteiger partial charge in [0.1, 0.15) is 12.4 Å². The minimum Gasteiger partial charge on any atom is -0.488 e. The zero-order chi connectivity index (χ0) is 21.8. The highest BCUT2D eigenvalue weighted by molar-refractivity contribution is 5.84. The van der Waals surface area contributed by atoms with Gasteiger partial charge in [0.2, 0.25) is 0 Å². The van der Waals surface area contributed by atoms with Gasteiger partial charge >= 0.3 is 6.09 Å². The van der Waals surface area contributed by atoms with E-state index >= 15 is 0 Å². The summed E-state index contributed by atoms with van der Waals surface area (Å²) >= 11 is 0. The number of rotatable bonds is 6. The highest BCUT2D eigenvalue weighted by Crippen LogP contribution is 2.31. The lowest BCUT2D eigenvalue weighted by Gasteiger charge is -2.29. The molecule has 2 aromatic carbocycles. The van der Waals surface area contributed by atoms with Gasteiger partial charge in [-0.3, -0.25) is 0 Å². The van der Waals surface area contributed by atoms with Crippen LogP contribution in [0.1, 0.15) is 41.6 Å². The molecule has 1 saturated heterocycles. The molecule has 0 spiro atoms. The molecular formula is C24H25N3O4. The molecule has 7 nitrogen and oxygen atoms in total. The van der Waals surface area contributed by atoms with E-state index in [1.807, 2.05) is 37.3 Å². The van der Waals surface area contributed by atoms with Crippen molar-refractivity contribution in [2.75, 3.05) is 13.1 Å². The fourth-order valence-corrected chi connectivity index (χ4v) is 4.15. The quantitative estimate of drug-likeness (QED) is 0.609. The van der Waals surface area contributed by atoms with E-state index in [2.05, 4.69) is 11.2 Å². The SMILES string of the molecule is Cc1c(OCc2cccc(C#N)c2)ccc2c(CCC3CCN(C(=O)O)CC3)noc12.